The molecule has 0 fully saturated rings. The van der Waals surface area contributed by atoms with E-state index in [1.165, 1.54) is 12.1 Å². The molecule has 0 heterocycles. The Balaban J connectivity index is 2.64. The molecule has 2 aromatic rings. The fourth-order valence-electron chi connectivity index (χ4n) is 2.21. The van der Waals surface area contributed by atoms with Crippen molar-refractivity contribution in [2.24, 2.45) is 5.14 Å². The van der Waals surface area contributed by atoms with Crippen molar-refractivity contribution >= 4 is 25.8 Å². The molecule has 0 radical (unpaired) electrons. The minimum Gasteiger partial charge on any atom is -0.478 e. The highest BCUT2D eigenvalue weighted by Crippen LogP contribution is 2.33. The molecule has 3 N–H and O–H groups in total. The minimum atomic E-state index is -4.12. The van der Waals surface area contributed by atoms with E-state index in [0.717, 1.165) is 24.5 Å². The fraction of sp³-hybridized carbons (Fsp3) is 0.188. The quantitative estimate of drug-likeness (QED) is 0.754. The van der Waals surface area contributed by atoms with E-state index in [4.69, 9.17) is 15.0 Å². The Morgan fingerprint density at radius 3 is 2.12 bits per heavy atom. The Morgan fingerprint density at radius 1 is 1.04 bits per heavy atom. The second-order valence-corrected chi connectivity index (χ2v) is 9.03. The second kappa shape index (κ2) is 7.06. The summed E-state index contributed by atoms with van der Waals surface area (Å²) < 4.78 is 53.1. The number of benzene rings is 2. The topological polar surface area (TPSA) is 141 Å². The summed E-state index contributed by atoms with van der Waals surface area (Å²) in [5.74, 6) is -1.66. The number of nitrogens with two attached hydrogens (primary N) is 1. The Bertz CT molecular complexity index is 1070. The maximum atomic E-state index is 12.0. The molecule has 8 nitrogen and oxygen atoms in total. The molecule has 2 rings (SSSR count). The molecule has 10 heteroatoms. The Kier molecular flexibility index (Phi) is 5.40. The molecule has 2 aromatic carbocycles. The Labute approximate surface area is 151 Å². The lowest BCUT2D eigenvalue weighted by molar-refractivity contribution is 0.0696. The van der Waals surface area contributed by atoms with E-state index < -0.39 is 25.8 Å². The molecule has 0 bridgehead atoms. The zero-order valence-corrected chi connectivity index (χ0v) is 15.6. The number of carboxylic acids is 1. The van der Waals surface area contributed by atoms with Crippen molar-refractivity contribution < 1.29 is 31.5 Å². The van der Waals surface area contributed by atoms with Crippen LogP contribution in [-0.4, -0.2) is 34.2 Å². The second-order valence-electron chi connectivity index (χ2n) is 5.52. The standard InChI is InChI=1S/C16H17NO7S2/c1-3-10-4-6-13(15(8-10)26(17,22)23)24-12-7-5-11(16(18)19)9-14(12)25(2,20)21/h4-9H,3H2,1-2H3,(H,18,19)(H2,17,22,23). The number of sulfonamides is 1. The zero-order valence-electron chi connectivity index (χ0n) is 14.0. The highest BCUT2D eigenvalue weighted by Gasteiger charge is 2.21. The van der Waals surface area contributed by atoms with E-state index >= 15 is 0 Å². The summed E-state index contributed by atoms with van der Waals surface area (Å²) in [6, 6.07) is 7.59. The number of aryl methyl sites for hydroxylation is 1. The molecule has 0 saturated heterocycles. The number of carbonyl (C=O) groups is 1. The number of hydrogen-bond acceptors (Lipinski definition) is 6. The zero-order chi connectivity index (χ0) is 19.7. The van der Waals surface area contributed by atoms with Gasteiger partial charge in [-0.1, -0.05) is 13.0 Å². The summed E-state index contributed by atoms with van der Waals surface area (Å²) in [7, 11) is -7.96. The lowest BCUT2D eigenvalue weighted by Crippen LogP contribution is -2.14. The molecule has 0 atom stereocenters. The molecule has 26 heavy (non-hydrogen) atoms. The van der Waals surface area contributed by atoms with Gasteiger partial charge in [0.25, 0.3) is 0 Å². The molecule has 0 aromatic heterocycles. The number of aromatic carboxylic acids is 1. The van der Waals surface area contributed by atoms with Crippen molar-refractivity contribution in [3.05, 3.63) is 47.5 Å². The number of carboxylic acid groups (broad SMARTS) is 1. The van der Waals surface area contributed by atoms with Crippen LogP contribution in [0.3, 0.4) is 0 Å². The number of ether oxygens (including phenoxy) is 1. The number of primary sulfonamides is 1. The SMILES string of the molecule is CCc1ccc(Oc2ccc(C(=O)O)cc2S(C)(=O)=O)c(S(N)(=O)=O)c1. The third-order valence-electron chi connectivity index (χ3n) is 3.53. The number of sulfone groups is 1. The first kappa shape index (κ1) is 19.9. The van der Waals surface area contributed by atoms with Crippen LogP contribution >= 0.6 is 0 Å². The third-order valence-corrected chi connectivity index (χ3v) is 5.58. The monoisotopic (exact) mass is 399 g/mol. The molecule has 0 spiro atoms. The van der Waals surface area contributed by atoms with Crippen LogP contribution in [0.25, 0.3) is 0 Å². The Morgan fingerprint density at radius 2 is 1.62 bits per heavy atom. The van der Waals surface area contributed by atoms with Crippen molar-refractivity contribution in [3.63, 3.8) is 0 Å². The van der Waals surface area contributed by atoms with Crippen molar-refractivity contribution in [2.45, 2.75) is 23.1 Å². The molecular formula is C16H17NO7S2. The highest BCUT2D eigenvalue weighted by molar-refractivity contribution is 7.90. The van der Waals surface area contributed by atoms with Crippen LogP contribution < -0.4 is 9.88 Å². The lowest BCUT2D eigenvalue weighted by Gasteiger charge is -2.14. The third kappa shape index (κ3) is 4.40. The summed E-state index contributed by atoms with van der Waals surface area (Å²) in [5, 5.41) is 14.3. The van der Waals surface area contributed by atoms with E-state index in [-0.39, 0.29) is 26.9 Å². The summed E-state index contributed by atoms with van der Waals surface area (Å²) in [6.07, 6.45) is 1.45. The van der Waals surface area contributed by atoms with Crippen LogP contribution in [0, 0.1) is 0 Å². The fourth-order valence-corrected chi connectivity index (χ4v) is 3.73. The number of hydrogen-bond donors (Lipinski definition) is 2. The molecule has 0 aliphatic carbocycles. The van der Waals surface area contributed by atoms with E-state index in [1.54, 1.807) is 6.07 Å². The molecule has 0 aliphatic heterocycles. The van der Waals surface area contributed by atoms with E-state index in [1.807, 2.05) is 6.92 Å². The van der Waals surface area contributed by atoms with Gasteiger partial charge in [-0.05, 0) is 42.3 Å². The Hall–Kier alpha value is -2.43. The predicted octanol–water partition coefficient (Wildman–Crippen LogP) is 1.79. The van der Waals surface area contributed by atoms with Gasteiger partial charge in [-0.25, -0.2) is 26.8 Å². The van der Waals surface area contributed by atoms with Crippen molar-refractivity contribution in [2.75, 3.05) is 6.26 Å². The van der Waals surface area contributed by atoms with E-state index in [0.29, 0.717) is 12.0 Å². The lowest BCUT2D eigenvalue weighted by atomic mass is 10.1. The van der Waals surface area contributed by atoms with Crippen LogP contribution in [-0.2, 0) is 26.3 Å². The van der Waals surface area contributed by atoms with Gasteiger partial charge < -0.3 is 9.84 Å². The average molecular weight is 399 g/mol. The normalized spacial score (nSPS) is 12.0. The summed E-state index contributed by atoms with van der Waals surface area (Å²) >= 11 is 0. The van der Waals surface area contributed by atoms with Gasteiger partial charge in [-0.2, -0.15) is 0 Å². The van der Waals surface area contributed by atoms with Gasteiger partial charge in [0.05, 0.1) is 5.56 Å². The summed E-state index contributed by atoms with van der Waals surface area (Å²) in [5.41, 5.74) is 0.455. The largest absolute Gasteiger partial charge is 0.478 e. The molecular weight excluding hydrogens is 382 g/mol. The van der Waals surface area contributed by atoms with Gasteiger partial charge in [0.15, 0.2) is 9.84 Å². The van der Waals surface area contributed by atoms with Gasteiger partial charge in [-0.3, -0.25) is 0 Å². The van der Waals surface area contributed by atoms with Crippen LogP contribution in [0.15, 0.2) is 46.2 Å². The molecule has 0 saturated carbocycles. The van der Waals surface area contributed by atoms with Crippen LogP contribution in [0.5, 0.6) is 11.5 Å². The van der Waals surface area contributed by atoms with Crippen molar-refractivity contribution in [3.8, 4) is 11.5 Å². The van der Waals surface area contributed by atoms with Gasteiger partial charge in [0.1, 0.15) is 21.3 Å². The van der Waals surface area contributed by atoms with Crippen LogP contribution in [0.2, 0.25) is 0 Å². The number of rotatable bonds is 6. The van der Waals surface area contributed by atoms with Crippen molar-refractivity contribution in [1.82, 2.24) is 0 Å². The first-order valence-electron chi connectivity index (χ1n) is 7.34. The van der Waals surface area contributed by atoms with Gasteiger partial charge >= 0.3 is 5.97 Å². The van der Waals surface area contributed by atoms with Crippen molar-refractivity contribution in [1.29, 1.82) is 0 Å². The first-order valence-corrected chi connectivity index (χ1v) is 10.8. The summed E-state index contributed by atoms with van der Waals surface area (Å²) in [6.45, 7) is 1.83. The smallest absolute Gasteiger partial charge is 0.335 e. The first-order chi connectivity index (χ1) is 11.9. The predicted molar refractivity (Wildman–Crippen MR) is 93.8 cm³/mol. The molecule has 0 amide bonds. The molecule has 0 aliphatic rings. The van der Waals surface area contributed by atoms with Crippen LogP contribution in [0.1, 0.15) is 22.8 Å². The molecule has 140 valence electrons. The van der Waals surface area contributed by atoms with E-state index in [2.05, 4.69) is 0 Å². The van der Waals surface area contributed by atoms with Crippen LogP contribution in [0.4, 0.5) is 0 Å². The maximum Gasteiger partial charge on any atom is 0.335 e. The summed E-state index contributed by atoms with van der Waals surface area (Å²) in [4.78, 5) is 10.4. The van der Waals surface area contributed by atoms with E-state index in [9.17, 15) is 21.6 Å². The van der Waals surface area contributed by atoms with Gasteiger partial charge in [-0.15, -0.1) is 0 Å². The van der Waals surface area contributed by atoms with Gasteiger partial charge in [0.2, 0.25) is 10.0 Å². The maximum absolute atomic E-state index is 12.0. The van der Waals surface area contributed by atoms with Gasteiger partial charge in [0, 0.05) is 6.26 Å². The minimum absolute atomic E-state index is 0.155. The highest BCUT2D eigenvalue weighted by atomic mass is 32.2. The average Bonchev–Trinajstić information content (AvgIpc) is 2.53. The molecule has 0 unspecified atom stereocenters.